The largest absolute Gasteiger partial charge is 0.447 e. The maximum atomic E-state index is 11.3. The number of hydrogen-bond acceptors (Lipinski definition) is 6. The van der Waals surface area contributed by atoms with Crippen molar-refractivity contribution in [2.45, 2.75) is 52.0 Å². The zero-order valence-corrected chi connectivity index (χ0v) is 11.6. The highest BCUT2D eigenvalue weighted by Gasteiger charge is 2.09. The van der Waals surface area contributed by atoms with Crippen molar-refractivity contribution in [3.8, 4) is 0 Å². The van der Waals surface area contributed by atoms with Gasteiger partial charge < -0.3 is 9.47 Å². The number of esters is 2. The number of nitrogens with one attached hydrogen (secondary N) is 2. The summed E-state index contributed by atoms with van der Waals surface area (Å²) < 4.78 is 10.0. The van der Waals surface area contributed by atoms with Gasteiger partial charge in [0.25, 0.3) is 0 Å². The van der Waals surface area contributed by atoms with Gasteiger partial charge in [0.05, 0.1) is 0 Å². The van der Waals surface area contributed by atoms with Crippen LogP contribution in [0.3, 0.4) is 0 Å². The van der Waals surface area contributed by atoms with Gasteiger partial charge in [0.1, 0.15) is 12.5 Å². The van der Waals surface area contributed by atoms with Crippen LogP contribution in [0.15, 0.2) is 0 Å². The van der Waals surface area contributed by atoms with Crippen LogP contribution in [-0.4, -0.2) is 38.5 Å². The van der Waals surface area contributed by atoms with Crippen molar-refractivity contribution in [1.82, 2.24) is 10.6 Å². The fourth-order valence-corrected chi connectivity index (χ4v) is 1.17. The first kappa shape index (κ1) is 16.9. The molecule has 0 amide bonds. The highest BCUT2D eigenvalue weighted by atomic mass is 16.6. The lowest BCUT2D eigenvalue weighted by atomic mass is 10.2. The van der Waals surface area contributed by atoms with E-state index in [1.165, 1.54) is 0 Å². The topological polar surface area (TPSA) is 76.7 Å². The monoisotopic (exact) mass is 260 g/mol. The molecule has 2 N–H and O–H groups in total. The molecule has 0 spiro atoms. The summed E-state index contributed by atoms with van der Waals surface area (Å²) in [4.78, 5) is 22.6. The molecule has 6 heteroatoms. The fourth-order valence-electron chi connectivity index (χ4n) is 1.17. The molecule has 2 atom stereocenters. The molecule has 18 heavy (non-hydrogen) atoms. The van der Waals surface area contributed by atoms with Gasteiger partial charge in [0.2, 0.25) is 0 Å². The van der Waals surface area contributed by atoms with Crippen LogP contribution < -0.4 is 10.6 Å². The van der Waals surface area contributed by atoms with E-state index in [2.05, 4.69) is 10.6 Å². The first-order chi connectivity index (χ1) is 8.49. The summed E-state index contributed by atoms with van der Waals surface area (Å²) in [6.45, 7) is 3.52. The summed E-state index contributed by atoms with van der Waals surface area (Å²) in [7, 11) is 3.44. The number of hydrogen-bond donors (Lipinski definition) is 2. The molecule has 0 aromatic carbocycles. The van der Waals surface area contributed by atoms with E-state index >= 15 is 0 Å². The lowest BCUT2D eigenvalue weighted by molar-refractivity contribution is -0.151. The molecule has 0 saturated heterocycles. The van der Waals surface area contributed by atoms with E-state index in [0.29, 0.717) is 25.7 Å². The maximum Gasteiger partial charge on any atom is 0.307 e. The smallest absolute Gasteiger partial charge is 0.307 e. The van der Waals surface area contributed by atoms with E-state index < -0.39 is 0 Å². The van der Waals surface area contributed by atoms with E-state index in [0.717, 1.165) is 0 Å². The van der Waals surface area contributed by atoms with Crippen LogP contribution in [0.5, 0.6) is 0 Å². The number of carbonyl (C=O) groups excluding carboxylic acids is 2. The summed E-state index contributed by atoms with van der Waals surface area (Å²) in [6.07, 6.45) is 1.33. The second-order valence-corrected chi connectivity index (χ2v) is 4.05. The number of ether oxygens (including phenoxy) is 2. The van der Waals surface area contributed by atoms with Crippen molar-refractivity contribution in [2.24, 2.45) is 0 Å². The van der Waals surface area contributed by atoms with Gasteiger partial charge in [-0.25, -0.2) is 0 Å². The minimum Gasteiger partial charge on any atom is -0.447 e. The lowest BCUT2D eigenvalue weighted by Gasteiger charge is -2.12. The third kappa shape index (κ3) is 8.95. The Kier molecular flexibility index (Phi) is 9.22. The average Bonchev–Trinajstić information content (AvgIpc) is 2.34. The van der Waals surface area contributed by atoms with Gasteiger partial charge in [-0.2, -0.15) is 0 Å². The Bertz CT molecular complexity index is 232. The molecule has 0 radical (unpaired) electrons. The van der Waals surface area contributed by atoms with Crippen LogP contribution in [-0.2, 0) is 19.1 Å². The third-order valence-corrected chi connectivity index (χ3v) is 2.44. The predicted molar refractivity (Wildman–Crippen MR) is 67.7 cm³/mol. The third-order valence-electron chi connectivity index (χ3n) is 2.44. The first-order valence-electron chi connectivity index (χ1n) is 6.23. The minimum atomic E-state index is -0.279. The molecule has 0 rings (SSSR count). The van der Waals surface area contributed by atoms with E-state index in [9.17, 15) is 9.59 Å². The maximum absolute atomic E-state index is 11.3. The summed E-state index contributed by atoms with van der Waals surface area (Å²) in [6, 6.07) is 0. The van der Waals surface area contributed by atoms with Crippen LogP contribution >= 0.6 is 0 Å². The SMILES string of the molecule is CNC(C)OC(=O)CCCCC(=O)OC(C)NC. The van der Waals surface area contributed by atoms with E-state index in [1.807, 2.05) is 0 Å². The van der Waals surface area contributed by atoms with Gasteiger partial charge >= 0.3 is 11.9 Å². The van der Waals surface area contributed by atoms with Crippen molar-refractivity contribution >= 4 is 11.9 Å². The quantitative estimate of drug-likeness (QED) is 0.362. The molecule has 106 valence electrons. The first-order valence-corrected chi connectivity index (χ1v) is 6.23. The molecule has 0 fully saturated rings. The fraction of sp³-hybridized carbons (Fsp3) is 0.833. The normalized spacial score (nSPS) is 13.8. The second-order valence-electron chi connectivity index (χ2n) is 4.05. The lowest BCUT2D eigenvalue weighted by Crippen LogP contribution is -2.28. The van der Waals surface area contributed by atoms with Crippen molar-refractivity contribution < 1.29 is 19.1 Å². The van der Waals surface area contributed by atoms with Crippen molar-refractivity contribution in [2.75, 3.05) is 14.1 Å². The highest BCUT2D eigenvalue weighted by Crippen LogP contribution is 2.04. The van der Waals surface area contributed by atoms with E-state index in [-0.39, 0.29) is 24.4 Å². The van der Waals surface area contributed by atoms with Crippen LogP contribution in [0.1, 0.15) is 39.5 Å². The van der Waals surface area contributed by atoms with Gasteiger partial charge in [-0.05, 0) is 40.8 Å². The molecule has 6 nitrogen and oxygen atoms in total. The van der Waals surface area contributed by atoms with Gasteiger partial charge in [0.15, 0.2) is 0 Å². The Morgan fingerprint density at radius 1 is 0.889 bits per heavy atom. The molecule has 0 aromatic heterocycles. The summed E-state index contributed by atoms with van der Waals surface area (Å²) in [5.74, 6) is -0.511. The second kappa shape index (κ2) is 9.85. The van der Waals surface area contributed by atoms with Crippen LogP contribution in [0.25, 0.3) is 0 Å². The molecule has 0 aliphatic carbocycles. The Balaban J connectivity index is 3.55. The molecule has 0 aliphatic rings. The van der Waals surface area contributed by atoms with Gasteiger partial charge in [-0.3, -0.25) is 20.2 Å². The number of carbonyl (C=O) groups is 2. The Morgan fingerprint density at radius 3 is 1.50 bits per heavy atom. The van der Waals surface area contributed by atoms with Crippen molar-refractivity contribution in [3.05, 3.63) is 0 Å². The summed E-state index contributed by atoms with van der Waals surface area (Å²) in [5, 5.41) is 5.62. The van der Waals surface area contributed by atoms with Gasteiger partial charge in [0, 0.05) is 12.8 Å². The molecule has 0 heterocycles. The van der Waals surface area contributed by atoms with Crippen LogP contribution in [0, 0.1) is 0 Å². The molecular formula is C12H24N2O4. The summed E-state index contributed by atoms with van der Waals surface area (Å²) in [5.41, 5.74) is 0. The number of unbranched alkanes of at least 4 members (excludes halogenated alkanes) is 1. The highest BCUT2D eigenvalue weighted by molar-refractivity contribution is 5.70. The van der Waals surface area contributed by atoms with Crippen molar-refractivity contribution in [3.63, 3.8) is 0 Å². The van der Waals surface area contributed by atoms with Crippen molar-refractivity contribution in [1.29, 1.82) is 0 Å². The molecule has 0 aliphatic heterocycles. The minimum absolute atomic E-state index is 0.256. The predicted octanol–water partition coefficient (Wildman–Crippen LogP) is 0.764. The Morgan fingerprint density at radius 2 is 1.22 bits per heavy atom. The zero-order chi connectivity index (χ0) is 14.0. The molecule has 0 saturated carbocycles. The van der Waals surface area contributed by atoms with Crippen LogP contribution in [0.4, 0.5) is 0 Å². The standard InChI is InChI=1S/C12H24N2O4/c1-9(13-3)17-11(15)7-5-6-8-12(16)18-10(2)14-4/h9-10,13-14H,5-8H2,1-4H3. The van der Waals surface area contributed by atoms with Gasteiger partial charge in [-0.15, -0.1) is 0 Å². The Hall–Kier alpha value is -1.14. The van der Waals surface area contributed by atoms with Crippen LogP contribution in [0.2, 0.25) is 0 Å². The van der Waals surface area contributed by atoms with E-state index in [4.69, 9.17) is 9.47 Å². The number of rotatable bonds is 9. The van der Waals surface area contributed by atoms with Gasteiger partial charge in [-0.1, -0.05) is 0 Å². The average molecular weight is 260 g/mol. The molecule has 0 aromatic rings. The zero-order valence-electron chi connectivity index (χ0n) is 11.6. The molecular weight excluding hydrogens is 236 g/mol. The summed E-state index contributed by atoms with van der Waals surface area (Å²) >= 11 is 0. The molecule has 2 unspecified atom stereocenters. The van der Waals surface area contributed by atoms with E-state index in [1.54, 1.807) is 27.9 Å². The molecule has 0 bridgehead atoms. The Labute approximate surface area is 108 Å².